The van der Waals surface area contributed by atoms with E-state index in [1.54, 1.807) is 43.0 Å². The molecule has 1 aromatic rings. The van der Waals surface area contributed by atoms with Gasteiger partial charge in [0.05, 0.1) is 0 Å². The van der Waals surface area contributed by atoms with Gasteiger partial charge in [0.2, 0.25) is 17.7 Å². The smallest absolute Gasteiger partial charge is 0.256 e. The second kappa shape index (κ2) is 19.0. The highest BCUT2D eigenvalue weighted by Crippen LogP contribution is 2.20. The number of aliphatic hydroxyl groups excluding tert-OH is 1. The molecule has 0 spiro atoms. The third-order valence-electron chi connectivity index (χ3n) is 8.41. The van der Waals surface area contributed by atoms with E-state index in [4.69, 9.17) is 5.21 Å². The minimum atomic E-state index is -1.33. The van der Waals surface area contributed by atoms with Crippen LogP contribution in [-0.4, -0.2) is 119 Å². The van der Waals surface area contributed by atoms with Gasteiger partial charge >= 0.3 is 0 Å². The van der Waals surface area contributed by atoms with Crippen molar-refractivity contribution in [3.05, 3.63) is 42.0 Å². The first-order valence-electron chi connectivity index (χ1n) is 16.5. The zero-order valence-corrected chi connectivity index (χ0v) is 27.9. The van der Waals surface area contributed by atoms with E-state index in [2.05, 4.69) is 20.9 Å². The van der Waals surface area contributed by atoms with E-state index in [9.17, 15) is 33.9 Å². The summed E-state index contributed by atoms with van der Waals surface area (Å²) in [5.41, 5.74) is 2.82. The number of rotatable bonds is 18. The fraction of sp³-hybridized carbons (Fsp3) is 0.576. The van der Waals surface area contributed by atoms with Crippen molar-refractivity contribution in [1.82, 2.24) is 30.8 Å². The first-order valence-corrected chi connectivity index (χ1v) is 16.5. The summed E-state index contributed by atoms with van der Waals surface area (Å²) in [4.78, 5) is 80.3. The number of unbranched alkanes of at least 4 members (excludes halogenated alkanes) is 2. The van der Waals surface area contributed by atoms with Crippen LogP contribution in [0.15, 0.2) is 36.4 Å². The lowest BCUT2D eigenvalue weighted by molar-refractivity contribution is -0.142. The Balaban J connectivity index is 1.53. The summed E-state index contributed by atoms with van der Waals surface area (Å²) in [5, 5.41) is 27.9. The Labute approximate surface area is 281 Å². The summed E-state index contributed by atoms with van der Waals surface area (Å²) in [6.45, 7) is 6.55. The molecule has 1 saturated heterocycles. The van der Waals surface area contributed by atoms with E-state index in [1.165, 1.54) is 12.2 Å². The van der Waals surface area contributed by atoms with Gasteiger partial charge in [-0.15, -0.1) is 0 Å². The third-order valence-corrected chi connectivity index (χ3v) is 8.41. The maximum absolute atomic E-state index is 13.3. The van der Waals surface area contributed by atoms with Gasteiger partial charge < -0.3 is 36.1 Å². The van der Waals surface area contributed by atoms with Gasteiger partial charge in [-0.25, -0.2) is 5.48 Å². The number of imide groups is 1. The Morgan fingerprint density at radius 3 is 2.10 bits per heavy atom. The number of carbonyl (C=O) groups is 6. The summed E-state index contributed by atoms with van der Waals surface area (Å²) >= 11 is 0. The zero-order valence-electron chi connectivity index (χ0n) is 27.9. The number of amides is 6. The van der Waals surface area contributed by atoms with Gasteiger partial charge in [0.25, 0.3) is 17.7 Å². The molecule has 3 rings (SSSR count). The molecule has 0 aliphatic carbocycles. The van der Waals surface area contributed by atoms with Crippen LogP contribution in [0, 0.1) is 5.92 Å². The summed E-state index contributed by atoms with van der Waals surface area (Å²) in [6.07, 6.45) is 3.49. The molecule has 2 aliphatic heterocycles. The van der Waals surface area contributed by atoms with E-state index >= 15 is 0 Å². The van der Waals surface area contributed by atoms with Crippen molar-refractivity contribution >= 4 is 41.1 Å². The summed E-state index contributed by atoms with van der Waals surface area (Å²) in [7, 11) is 1.98. The molecule has 6 amide bonds. The molecule has 2 heterocycles. The van der Waals surface area contributed by atoms with Gasteiger partial charge in [-0.05, 0) is 56.3 Å². The molecule has 0 saturated carbocycles. The predicted molar refractivity (Wildman–Crippen MR) is 176 cm³/mol. The number of aliphatic hydroxyl groups is 1. The molecule has 2 aliphatic rings. The molecule has 0 aromatic heterocycles. The quantitative estimate of drug-likeness (QED) is 0.0717. The molecular formula is C33H49N7O8. The second-order valence-corrected chi connectivity index (χ2v) is 12.5. The minimum Gasteiger partial charge on any atom is -0.378 e. The zero-order chi connectivity index (χ0) is 35.2. The first-order chi connectivity index (χ1) is 22.9. The van der Waals surface area contributed by atoms with Crippen LogP contribution in [0.5, 0.6) is 0 Å². The number of anilines is 1. The lowest BCUT2D eigenvalue weighted by atomic mass is 10.0. The van der Waals surface area contributed by atoms with Gasteiger partial charge in [-0.3, -0.25) is 33.7 Å². The molecule has 1 fully saturated rings. The number of nitrogens with one attached hydrogen (secondary N) is 4. The van der Waals surface area contributed by atoms with Crippen LogP contribution in [-0.2, 0) is 28.8 Å². The fourth-order valence-corrected chi connectivity index (χ4v) is 5.40. The summed E-state index contributed by atoms with van der Waals surface area (Å²) in [6, 6.07) is 4.36. The molecule has 1 aromatic carbocycles. The number of benzene rings is 1. The number of carbonyl (C=O) groups excluding carboxylic acids is 6. The van der Waals surface area contributed by atoms with Gasteiger partial charge in [-0.1, -0.05) is 32.4 Å². The number of piperazine rings is 1. The number of hydrogen-bond donors (Lipinski definition) is 6. The lowest BCUT2D eigenvalue weighted by Gasteiger charge is -2.33. The Hall–Kier alpha value is -4.18. The summed E-state index contributed by atoms with van der Waals surface area (Å²) < 4.78 is 0. The number of likely N-dealkylation sites (N-methyl/N-ethyl adjacent to an activating group) is 1. The Morgan fingerprint density at radius 2 is 1.50 bits per heavy atom. The SMILES string of the molecule is CC(C)[C@H](NC(=O)CCCCCN1C(=O)C=CC1=O)C(=O)N[C@@H](CCCNO)C(=O)Nc1ccc(C(O)C(=O)N2CCN(C)CC2)cc1. The van der Waals surface area contributed by atoms with Crippen molar-refractivity contribution in [2.24, 2.45) is 5.92 Å². The van der Waals surface area contributed by atoms with Crippen LogP contribution >= 0.6 is 0 Å². The highest BCUT2D eigenvalue weighted by molar-refractivity contribution is 6.12. The Bertz CT molecular complexity index is 1290. The topological polar surface area (TPSA) is 201 Å². The van der Waals surface area contributed by atoms with E-state index in [-0.39, 0.29) is 55.5 Å². The molecule has 15 nitrogen and oxygen atoms in total. The highest BCUT2D eigenvalue weighted by Gasteiger charge is 2.30. The molecule has 48 heavy (non-hydrogen) atoms. The fourth-order valence-electron chi connectivity index (χ4n) is 5.40. The number of hydroxylamine groups is 1. The maximum atomic E-state index is 13.3. The van der Waals surface area contributed by atoms with Gasteiger partial charge in [0, 0.05) is 63.5 Å². The maximum Gasteiger partial charge on any atom is 0.256 e. The monoisotopic (exact) mass is 671 g/mol. The average Bonchev–Trinajstić information content (AvgIpc) is 3.38. The van der Waals surface area contributed by atoms with E-state index in [0.29, 0.717) is 50.0 Å². The van der Waals surface area contributed by atoms with Crippen LogP contribution in [0.1, 0.15) is 64.0 Å². The van der Waals surface area contributed by atoms with Crippen LogP contribution in [0.3, 0.4) is 0 Å². The van der Waals surface area contributed by atoms with Crippen LogP contribution in [0.4, 0.5) is 5.69 Å². The van der Waals surface area contributed by atoms with E-state index in [0.717, 1.165) is 18.0 Å². The first kappa shape index (κ1) is 38.3. The van der Waals surface area contributed by atoms with Crippen LogP contribution in [0.2, 0.25) is 0 Å². The van der Waals surface area contributed by atoms with E-state index < -0.39 is 30.0 Å². The average molecular weight is 672 g/mol. The minimum absolute atomic E-state index is 0.147. The molecule has 264 valence electrons. The number of hydrogen-bond acceptors (Lipinski definition) is 10. The van der Waals surface area contributed by atoms with Gasteiger partial charge in [0.1, 0.15) is 12.1 Å². The van der Waals surface area contributed by atoms with Crippen LogP contribution in [0.25, 0.3) is 0 Å². The second-order valence-electron chi connectivity index (χ2n) is 12.5. The molecular weight excluding hydrogens is 622 g/mol. The Kier molecular flexibility index (Phi) is 15.1. The molecule has 6 N–H and O–H groups in total. The van der Waals surface area contributed by atoms with Crippen molar-refractivity contribution in [3.8, 4) is 0 Å². The van der Waals surface area contributed by atoms with Crippen molar-refractivity contribution in [1.29, 1.82) is 0 Å². The summed E-state index contributed by atoms with van der Waals surface area (Å²) in [5.74, 6) is -2.73. The molecule has 0 radical (unpaired) electrons. The molecule has 15 heteroatoms. The van der Waals surface area contributed by atoms with Crippen molar-refractivity contribution in [3.63, 3.8) is 0 Å². The van der Waals surface area contributed by atoms with Crippen molar-refractivity contribution < 1.29 is 39.1 Å². The predicted octanol–water partition coefficient (Wildman–Crippen LogP) is 0.303. The number of nitrogens with zero attached hydrogens (tertiary/aromatic N) is 3. The lowest BCUT2D eigenvalue weighted by Crippen LogP contribution is -2.54. The molecule has 0 bridgehead atoms. The molecule has 1 unspecified atom stereocenters. The van der Waals surface area contributed by atoms with Gasteiger partial charge in [0.15, 0.2) is 6.10 Å². The highest BCUT2D eigenvalue weighted by atomic mass is 16.5. The Morgan fingerprint density at radius 1 is 0.854 bits per heavy atom. The molecule has 3 atom stereocenters. The largest absolute Gasteiger partial charge is 0.378 e. The normalized spacial score (nSPS) is 17.0. The standard InChI is InChI=1S/C33H49N7O8/c1-22(2)29(37-26(41)9-5-4-6-17-40-27(42)14-15-28(40)43)32(46)36-25(8-7-16-34-48)31(45)35-24-12-10-23(11-13-24)30(44)33(47)39-20-18-38(3)19-21-39/h10-15,22,25,29-30,34,44,48H,4-9,16-21H2,1-3H3,(H,35,45)(H,36,46)(H,37,41)/t25-,29-,30?/m0/s1. The third kappa shape index (κ3) is 11.5. The van der Waals surface area contributed by atoms with Gasteiger partial charge in [-0.2, -0.15) is 0 Å². The van der Waals surface area contributed by atoms with Crippen LogP contribution < -0.4 is 21.4 Å². The van der Waals surface area contributed by atoms with Crippen molar-refractivity contribution in [2.45, 2.75) is 70.6 Å². The van der Waals surface area contributed by atoms with Crippen molar-refractivity contribution in [2.75, 3.05) is 51.6 Å². The van der Waals surface area contributed by atoms with E-state index in [1.807, 2.05) is 12.5 Å².